The minimum absolute atomic E-state index is 0.0137. The first kappa shape index (κ1) is 21.4. The van der Waals surface area contributed by atoms with Gasteiger partial charge in [0, 0.05) is 17.7 Å². The van der Waals surface area contributed by atoms with E-state index in [0.29, 0.717) is 11.1 Å². The highest BCUT2D eigenvalue weighted by Crippen LogP contribution is 2.17. The lowest BCUT2D eigenvalue weighted by atomic mass is 10.0. The highest BCUT2D eigenvalue weighted by molar-refractivity contribution is 5.94. The summed E-state index contributed by atoms with van der Waals surface area (Å²) in [5.41, 5.74) is 4.29. The van der Waals surface area contributed by atoms with Gasteiger partial charge in [-0.3, -0.25) is 19.7 Å². The van der Waals surface area contributed by atoms with Crippen molar-refractivity contribution >= 4 is 23.7 Å². The van der Waals surface area contributed by atoms with Crippen molar-refractivity contribution in [2.45, 2.75) is 12.5 Å². The number of non-ortho nitro benzene ring substituents is 1. The number of nitro benzene ring substituents is 1. The lowest BCUT2D eigenvalue weighted by Crippen LogP contribution is -2.32. The standard InChI is InChI=1S/C23H20N4O4/c28-22(26-24-16-17-11-13-20(14-12-17)27(30)31)15-21(18-7-3-1-4-8-18)25-23(29)19-9-5-2-6-10-19/h1-14,16,21H,15H2,(H,25,29)(H,26,28)/b24-16-/t21-/m1/s1. The van der Waals surface area contributed by atoms with Crippen LogP contribution in [0.1, 0.15) is 33.9 Å². The zero-order chi connectivity index (χ0) is 22.1. The van der Waals surface area contributed by atoms with Crippen LogP contribution in [0.5, 0.6) is 0 Å². The van der Waals surface area contributed by atoms with Crippen molar-refractivity contribution in [3.8, 4) is 0 Å². The number of benzene rings is 3. The van der Waals surface area contributed by atoms with E-state index in [1.54, 1.807) is 24.3 Å². The second kappa shape index (κ2) is 10.4. The van der Waals surface area contributed by atoms with E-state index in [-0.39, 0.29) is 23.9 Å². The molecule has 2 N–H and O–H groups in total. The van der Waals surface area contributed by atoms with Gasteiger partial charge in [-0.2, -0.15) is 5.10 Å². The molecule has 3 aromatic rings. The first-order chi connectivity index (χ1) is 15.0. The summed E-state index contributed by atoms with van der Waals surface area (Å²) >= 11 is 0. The summed E-state index contributed by atoms with van der Waals surface area (Å²) in [6.07, 6.45) is 1.38. The first-order valence-electron chi connectivity index (χ1n) is 9.50. The predicted octanol–water partition coefficient (Wildman–Crippen LogP) is 3.61. The number of amides is 2. The maximum Gasteiger partial charge on any atom is 0.269 e. The number of hydrazone groups is 1. The molecule has 0 spiro atoms. The summed E-state index contributed by atoms with van der Waals surface area (Å²) in [4.78, 5) is 35.2. The molecule has 31 heavy (non-hydrogen) atoms. The molecular weight excluding hydrogens is 396 g/mol. The number of nitrogens with one attached hydrogen (secondary N) is 2. The van der Waals surface area contributed by atoms with Crippen molar-refractivity contribution in [1.29, 1.82) is 0 Å². The lowest BCUT2D eigenvalue weighted by Gasteiger charge is -2.18. The average molecular weight is 416 g/mol. The van der Waals surface area contributed by atoms with E-state index in [1.807, 2.05) is 36.4 Å². The summed E-state index contributed by atoms with van der Waals surface area (Å²) in [6, 6.07) is 23.2. The summed E-state index contributed by atoms with van der Waals surface area (Å²) in [7, 11) is 0. The van der Waals surface area contributed by atoms with E-state index >= 15 is 0 Å². The number of hydrogen-bond acceptors (Lipinski definition) is 5. The second-order valence-electron chi connectivity index (χ2n) is 6.65. The molecule has 156 valence electrons. The van der Waals surface area contributed by atoms with Crippen LogP contribution < -0.4 is 10.7 Å². The molecule has 0 bridgehead atoms. The number of nitrogens with zero attached hydrogens (tertiary/aromatic N) is 2. The van der Waals surface area contributed by atoms with Gasteiger partial charge in [-0.1, -0.05) is 48.5 Å². The van der Waals surface area contributed by atoms with Gasteiger partial charge < -0.3 is 5.32 Å². The molecule has 8 heteroatoms. The normalized spacial score (nSPS) is 11.6. The van der Waals surface area contributed by atoms with Crippen LogP contribution in [0, 0.1) is 10.1 Å². The Morgan fingerprint density at radius 1 is 0.935 bits per heavy atom. The quantitative estimate of drug-likeness (QED) is 0.332. The van der Waals surface area contributed by atoms with Crippen LogP contribution in [-0.4, -0.2) is 23.0 Å². The maximum atomic E-state index is 12.6. The summed E-state index contributed by atoms with van der Waals surface area (Å²) < 4.78 is 0. The van der Waals surface area contributed by atoms with E-state index in [4.69, 9.17) is 0 Å². The van der Waals surface area contributed by atoms with Crippen LogP contribution in [0.4, 0.5) is 5.69 Å². The first-order valence-corrected chi connectivity index (χ1v) is 9.50. The van der Waals surface area contributed by atoms with Crippen molar-refractivity contribution in [2.24, 2.45) is 5.10 Å². The smallest absolute Gasteiger partial charge is 0.269 e. The molecule has 2 amide bonds. The van der Waals surface area contributed by atoms with Crippen molar-refractivity contribution in [1.82, 2.24) is 10.7 Å². The Balaban J connectivity index is 1.64. The number of hydrogen-bond donors (Lipinski definition) is 2. The Morgan fingerprint density at radius 2 is 1.55 bits per heavy atom. The topological polar surface area (TPSA) is 114 Å². The maximum absolute atomic E-state index is 12.6. The van der Waals surface area contributed by atoms with E-state index in [2.05, 4.69) is 15.8 Å². The van der Waals surface area contributed by atoms with Crippen LogP contribution in [0.3, 0.4) is 0 Å². The third kappa shape index (κ3) is 6.33. The monoisotopic (exact) mass is 416 g/mol. The van der Waals surface area contributed by atoms with E-state index in [9.17, 15) is 19.7 Å². The van der Waals surface area contributed by atoms with E-state index < -0.39 is 11.0 Å². The Bertz CT molecular complexity index is 1070. The van der Waals surface area contributed by atoms with Gasteiger partial charge in [-0.25, -0.2) is 5.43 Å². The molecule has 0 aliphatic carbocycles. The number of rotatable bonds is 8. The average Bonchev–Trinajstić information content (AvgIpc) is 2.80. The molecule has 0 heterocycles. The largest absolute Gasteiger partial charge is 0.345 e. The fraction of sp³-hybridized carbons (Fsp3) is 0.0870. The van der Waals surface area contributed by atoms with Crippen molar-refractivity contribution in [2.75, 3.05) is 0 Å². The Hall–Kier alpha value is -4.33. The second-order valence-corrected chi connectivity index (χ2v) is 6.65. The predicted molar refractivity (Wildman–Crippen MR) is 117 cm³/mol. The van der Waals surface area contributed by atoms with Gasteiger partial charge in [0.2, 0.25) is 5.91 Å². The van der Waals surface area contributed by atoms with Gasteiger partial charge in [-0.15, -0.1) is 0 Å². The van der Waals surface area contributed by atoms with Crippen molar-refractivity contribution in [3.05, 3.63) is 112 Å². The van der Waals surface area contributed by atoms with Crippen LogP contribution in [0.2, 0.25) is 0 Å². The molecule has 0 saturated carbocycles. The SMILES string of the molecule is O=C(C[C@@H](NC(=O)c1ccccc1)c1ccccc1)N/N=C\c1ccc([N+](=O)[O-])cc1. The molecule has 8 nitrogen and oxygen atoms in total. The molecule has 0 saturated heterocycles. The van der Waals surface area contributed by atoms with Gasteiger partial charge in [0.25, 0.3) is 11.6 Å². The van der Waals surface area contributed by atoms with Gasteiger partial charge in [-0.05, 0) is 35.4 Å². The van der Waals surface area contributed by atoms with Gasteiger partial charge in [0.05, 0.1) is 23.6 Å². The Labute approximate surface area is 178 Å². The molecule has 0 aromatic heterocycles. The Kier molecular flexibility index (Phi) is 7.21. The van der Waals surface area contributed by atoms with E-state index in [1.165, 1.54) is 30.5 Å². The van der Waals surface area contributed by atoms with Crippen LogP contribution in [-0.2, 0) is 4.79 Å². The highest BCUT2D eigenvalue weighted by atomic mass is 16.6. The zero-order valence-corrected chi connectivity index (χ0v) is 16.5. The third-order valence-corrected chi connectivity index (χ3v) is 4.44. The molecule has 0 fully saturated rings. The van der Waals surface area contributed by atoms with Crippen LogP contribution in [0.15, 0.2) is 90.0 Å². The number of carbonyl (C=O) groups is 2. The van der Waals surface area contributed by atoms with Crippen LogP contribution >= 0.6 is 0 Å². The van der Waals surface area contributed by atoms with Crippen molar-refractivity contribution < 1.29 is 14.5 Å². The fourth-order valence-corrected chi connectivity index (χ4v) is 2.86. The molecule has 0 radical (unpaired) electrons. The molecule has 1 atom stereocenters. The molecule has 0 aliphatic heterocycles. The van der Waals surface area contributed by atoms with Gasteiger partial charge in [0.15, 0.2) is 0 Å². The minimum atomic E-state index is -0.538. The fourth-order valence-electron chi connectivity index (χ4n) is 2.86. The molecular formula is C23H20N4O4. The molecule has 3 aromatic carbocycles. The summed E-state index contributed by atoms with van der Waals surface area (Å²) in [6.45, 7) is 0. The number of nitro groups is 1. The Morgan fingerprint density at radius 3 is 2.16 bits per heavy atom. The lowest BCUT2D eigenvalue weighted by molar-refractivity contribution is -0.384. The van der Waals surface area contributed by atoms with Crippen molar-refractivity contribution in [3.63, 3.8) is 0 Å². The van der Waals surface area contributed by atoms with Gasteiger partial charge in [0.1, 0.15) is 0 Å². The summed E-state index contributed by atoms with van der Waals surface area (Å²) in [5.74, 6) is -0.669. The summed E-state index contributed by atoms with van der Waals surface area (Å²) in [5, 5.41) is 17.5. The third-order valence-electron chi connectivity index (χ3n) is 4.44. The number of carbonyl (C=O) groups excluding carboxylic acids is 2. The highest BCUT2D eigenvalue weighted by Gasteiger charge is 2.19. The van der Waals surface area contributed by atoms with Gasteiger partial charge >= 0.3 is 0 Å². The molecule has 3 rings (SSSR count). The van der Waals surface area contributed by atoms with E-state index in [0.717, 1.165) is 5.56 Å². The van der Waals surface area contributed by atoms with Crippen LogP contribution in [0.25, 0.3) is 0 Å². The zero-order valence-electron chi connectivity index (χ0n) is 16.5. The minimum Gasteiger partial charge on any atom is -0.345 e. The molecule has 0 aliphatic rings. The molecule has 0 unspecified atom stereocenters.